The van der Waals surface area contributed by atoms with Crippen molar-refractivity contribution in [3.63, 3.8) is 0 Å². The van der Waals surface area contributed by atoms with Crippen molar-refractivity contribution < 1.29 is 9.18 Å². The van der Waals surface area contributed by atoms with Crippen LogP contribution >= 0.6 is 11.3 Å². The van der Waals surface area contributed by atoms with Crippen LogP contribution < -0.4 is 0 Å². The molecule has 0 unspecified atom stereocenters. The quantitative estimate of drug-likeness (QED) is 0.683. The minimum Gasteiger partial charge on any atom is -0.298 e. The fraction of sp³-hybridized carbons (Fsp3) is 0. The molecule has 0 saturated carbocycles. The number of carbonyl (C=O) groups excluding carboxylic acids is 1. The van der Waals surface area contributed by atoms with Gasteiger partial charge in [0.25, 0.3) is 0 Å². The first-order valence-electron chi connectivity index (χ1n) is 5.62. The number of halogens is 1. The number of nitrogens with zero attached hydrogens (tertiary/aromatic N) is 2. The van der Waals surface area contributed by atoms with Crippen LogP contribution in [0.5, 0.6) is 0 Å². The summed E-state index contributed by atoms with van der Waals surface area (Å²) in [5.41, 5.74) is 2.20. The van der Waals surface area contributed by atoms with E-state index in [1.807, 2.05) is 16.8 Å². The second-order valence-electron chi connectivity index (χ2n) is 3.96. The lowest BCUT2D eigenvalue weighted by Crippen LogP contribution is -1.97. The highest BCUT2D eigenvalue weighted by atomic mass is 32.1. The van der Waals surface area contributed by atoms with Crippen molar-refractivity contribution in [1.29, 1.82) is 0 Å². The first-order valence-corrected chi connectivity index (χ1v) is 6.56. The van der Waals surface area contributed by atoms with Crippen LogP contribution in [0.25, 0.3) is 16.9 Å². The van der Waals surface area contributed by atoms with E-state index in [0.717, 1.165) is 11.8 Å². The summed E-state index contributed by atoms with van der Waals surface area (Å²) in [6, 6.07) is 8.20. The van der Waals surface area contributed by atoms with Crippen molar-refractivity contribution in [2.24, 2.45) is 0 Å². The van der Waals surface area contributed by atoms with Crippen LogP contribution in [0.2, 0.25) is 0 Å². The Morgan fingerprint density at radius 1 is 1.26 bits per heavy atom. The Hall–Kier alpha value is -2.27. The summed E-state index contributed by atoms with van der Waals surface area (Å²) >= 11 is 1.52. The molecule has 3 aromatic rings. The summed E-state index contributed by atoms with van der Waals surface area (Å²) in [6.07, 6.45) is 2.27. The maximum absolute atomic E-state index is 13.7. The Labute approximate surface area is 112 Å². The molecule has 2 heterocycles. The van der Waals surface area contributed by atoms with Gasteiger partial charge in [-0.15, -0.1) is 0 Å². The average Bonchev–Trinajstić information content (AvgIpc) is 3.08. The zero-order valence-electron chi connectivity index (χ0n) is 9.79. The molecule has 2 aromatic heterocycles. The van der Waals surface area contributed by atoms with Crippen LogP contribution in [0.15, 0.2) is 47.3 Å². The van der Waals surface area contributed by atoms with Gasteiger partial charge in [0.2, 0.25) is 0 Å². The Bertz CT molecular complexity index is 719. The SMILES string of the molecule is O=Cc1cn(-c2ccccc2F)nc1-c1ccsc1. The monoisotopic (exact) mass is 272 g/mol. The van der Waals surface area contributed by atoms with Gasteiger partial charge in [0, 0.05) is 17.1 Å². The van der Waals surface area contributed by atoms with Crippen molar-refractivity contribution in [3.05, 3.63) is 58.7 Å². The van der Waals surface area contributed by atoms with Gasteiger partial charge >= 0.3 is 0 Å². The summed E-state index contributed by atoms with van der Waals surface area (Å²) in [7, 11) is 0. The lowest BCUT2D eigenvalue weighted by Gasteiger charge is -2.01. The second kappa shape index (κ2) is 4.78. The number of para-hydroxylation sites is 1. The molecule has 0 amide bonds. The van der Waals surface area contributed by atoms with Gasteiger partial charge in [-0.05, 0) is 23.6 Å². The summed E-state index contributed by atoms with van der Waals surface area (Å²) in [5.74, 6) is -0.376. The van der Waals surface area contributed by atoms with Crippen LogP contribution in [-0.4, -0.2) is 16.1 Å². The molecule has 0 aliphatic heterocycles. The Kier molecular flexibility index (Phi) is 2.97. The van der Waals surface area contributed by atoms with E-state index in [9.17, 15) is 9.18 Å². The number of aldehydes is 1. The predicted octanol–water partition coefficient (Wildman–Crippen LogP) is 3.55. The molecule has 0 fully saturated rings. The van der Waals surface area contributed by atoms with E-state index in [1.165, 1.54) is 22.1 Å². The number of hydrogen-bond acceptors (Lipinski definition) is 3. The van der Waals surface area contributed by atoms with Crippen LogP contribution in [0.1, 0.15) is 10.4 Å². The van der Waals surface area contributed by atoms with Crippen LogP contribution in [0.3, 0.4) is 0 Å². The Morgan fingerprint density at radius 3 is 2.79 bits per heavy atom. The van der Waals surface area contributed by atoms with Crippen molar-refractivity contribution >= 4 is 17.6 Å². The molecule has 0 bridgehead atoms. The van der Waals surface area contributed by atoms with E-state index in [1.54, 1.807) is 24.4 Å². The summed E-state index contributed by atoms with van der Waals surface area (Å²) < 4.78 is 15.1. The number of thiophene rings is 1. The predicted molar refractivity (Wildman–Crippen MR) is 72.2 cm³/mol. The van der Waals surface area contributed by atoms with E-state index in [4.69, 9.17) is 0 Å². The number of carbonyl (C=O) groups is 1. The summed E-state index contributed by atoms with van der Waals surface area (Å²) in [6.45, 7) is 0. The summed E-state index contributed by atoms with van der Waals surface area (Å²) in [5, 5.41) is 8.12. The zero-order valence-corrected chi connectivity index (χ0v) is 10.6. The van der Waals surface area contributed by atoms with E-state index in [0.29, 0.717) is 16.9 Å². The van der Waals surface area contributed by atoms with Gasteiger partial charge in [0.05, 0.1) is 5.56 Å². The Balaban J connectivity index is 2.15. The largest absolute Gasteiger partial charge is 0.298 e. The van der Waals surface area contributed by atoms with Crippen LogP contribution in [-0.2, 0) is 0 Å². The number of benzene rings is 1. The molecule has 0 N–H and O–H groups in total. The molecule has 1 aromatic carbocycles. The molecular weight excluding hydrogens is 263 g/mol. The van der Waals surface area contributed by atoms with Crippen LogP contribution in [0, 0.1) is 5.82 Å². The number of aromatic nitrogens is 2. The van der Waals surface area contributed by atoms with Crippen molar-refractivity contribution in [1.82, 2.24) is 9.78 Å². The normalized spacial score (nSPS) is 10.6. The fourth-order valence-electron chi connectivity index (χ4n) is 1.86. The first-order chi connectivity index (χ1) is 9.29. The third-order valence-electron chi connectivity index (χ3n) is 2.76. The molecule has 94 valence electrons. The molecule has 0 aliphatic carbocycles. The van der Waals surface area contributed by atoms with Gasteiger partial charge in [0.15, 0.2) is 6.29 Å². The molecule has 0 aliphatic rings. The van der Waals surface area contributed by atoms with Gasteiger partial charge in [-0.1, -0.05) is 12.1 Å². The van der Waals surface area contributed by atoms with E-state index >= 15 is 0 Å². The van der Waals surface area contributed by atoms with Gasteiger partial charge in [0.1, 0.15) is 17.2 Å². The fourth-order valence-corrected chi connectivity index (χ4v) is 2.50. The molecule has 0 saturated heterocycles. The highest BCUT2D eigenvalue weighted by Gasteiger charge is 2.13. The second-order valence-corrected chi connectivity index (χ2v) is 4.74. The molecule has 5 heteroatoms. The summed E-state index contributed by atoms with van der Waals surface area (Å²) in [4.78, 5) is 11.1. The smallest absolute Gasteiger partial charge is 0.153 e. The zero-order chi connectivity index (χ0) is 13.2. The van der Waals surface area contributed by atoms with Gasteiger partial charge < -0.3 is 0 Å². The van der Waals surface area contributed by atoms with Crippen molar-refractivity contribution in [2.75, 3.05) is 0 Å². The molecule has 0 spiro atoms. The lowest BCUT2D eigenvalue weighted by atomic mass is 10.2. The third kappa shape index (κ3) is 2.08. The third-order valence-corrected chi connectivity index (χ3v) is 3.45. The highest BCUT2D eigenvalue weighted by molar-refractivity contribution is 7.08. The molecular formula is C14H9FN2OS. The van der Waals surface area contributed by atoms with Gasteiger partial charge in [-0.3, -0.25) is 4.79 Å². The van der Waals surface area contributed by atoms with Gasteiger partial charge in [-0.2, -0.15) is 16.4 Å². The Morgan fingerprint density at radius 2 is 2.11 bits per heavy atom. The first kappa shape index (κ1) is 11.8. The van der Waals surface area contributed by atoms with Crippen molar-refractivity contribution in [3.8, 4) is 16.9 Å². The molecule has 3 nitrogen and oxygen atoms in total. The molecule has 0 atom stereocenters. The van der Waals surface area contributed by atoms with Gasteiger partial charge in [-0.25, -0.2) is 9.07 Å². The topological polar surface area (TPSA) is 34.9 Å². The lowest BCUT2D eigenvalue weighted by molar-refractivity contribution is 0.112. The standard InChI is InChI=1S/C14H9FN2OS/c15-12-3-1-2-4-13(12)17-7-11(8-18)14(16-17)10-5-6-19-9-10/h1-9H. The maximum atomic E-state index is 13.7. The molecule has 19 heavy (non-hydrogen) atoms. The van der Waals surface area contributed by atoms with E-state index in [2.05, 4.69) is 5.10 Å². The molecule has 3 rings (SSSR count). The minimum absolute atomic E-state index is 0.326. The maximum Gasteiger partial charge on any atom is 0.153 e. The molecule has 0 radical (unpaired) electrons. The van der Waals surface area contributed by atoms with E-state index < -0.39 is 0 Å². The minimum atomic E-state index is -0.376. The highest BCUT2D eigenvalue weighted by Crippen LogP contribution is 2.25. The average molecular weight is 272 g/mol. The van der Waals surface area contributed by atoms with E-state index in [-0.39, 0.29) is 5.82 Å². The number of rotatable bonds is 3. The van der Waals surface area contributed by atoms with Crippen molar-refractivity contribution in [2.45, 2.75) is 0 Å². The number of hydrogen-bond donors (Lipinski definition) is 0. The van der Waals surface area contributed by atoms with Crippen LogP contribution in [0.4, 0.5) is 4.39 Å².